The molecule has 1 saturated heterocycles. The summed E-state index contributed by atoms with van der Waals surface area (Å²) in [5.74, 6) is -0.249. The standard InChI is InChI=1S/C20H24N2O3/c1-15-7-8-19(23)17(13-15)20(24)21-14-18(16-5-3-2-4-6-16)22-9-11-25-12-10-22/h2-8,13,18,23H,9-12,14H2,1H3,(H,21,24). The number of aryl methyl sites for hydroxylation is 1. The Morgan fingerprint density at radius 3 is 2.64 bits per heavy atom. The molecule has 0 radical (unpaired) electrons. The second kappa shape index (κ2) is 8.14. The molecule has 2 N–H and O–H groups in total. The van der Waals surface area contributed by atoms with Crippen LogP contribution in [0.1, 0.15) is 27.5 Å². The number of carbonyl (C=O) groups excluding carboxylic acids is 1. The molecule has 1 fully saturated rings. The van der Waals surface area contributed by atoms with Gasteiger partial charge in [-0.05, 0) is 24.6 Å². The highest BCUT2D eigenvalue weighted by Gasteiger charge is 2.23. The van der Waals surface area contributed by atoms with Crippen LogP contribution in [0, 0.1) is 6.92 Å². The Hall–Kier alpha value is -2.37. The van der Waals surface area contributed by atoms with E-state index in [9.17, 15) is 9.90 Å². The number of morpholine rings is 1. The van der Waals surface area contributed by atoms with Gasteiger partial charge >= 0.3 is 0 Å². The minimum atomic E-state index is -0.254. The van der Waals surface area contributed by atoms with Crippen LogP contribution in [0.15, 0.2) is 48.5 Å². The second-order valence-electron chi connectivity index (χ2n) is 6.31. The maximum absolute atomic E-state index is 12.5. The lowest BCUT2D eigenvalue weighted by atomic mass is 10.0. The number of nitrogens with zero attached hydrogens (tertiary/aromatic N) is 1. The van der Waals surface area contributed by atoms with Crippen molar-refractivity contribution in [2.75, 3.05) is 32.8 Å². The molecule has 1 aliphatic heterocycles. The summed E-state index contributed by atoms with van der Waals surface area (Å²) in [7, 11) is 0. The maximum atomic E-state index is 12.5. The van der Waals surface area contributed by atoms with Crippen molar-refractivity contribution >= 4 is 5.91 Å². The van der Waals surface area contributed by atoms with Gasteiger partial charge < -0.3 is 15.2 Å². The van der Waals surface area contributed by atoms with Crippen LogP contribution in [0.3, 0.4) is 0 Å². The van der Waals surface area contributed by atoms with Crippen molar-refractivity contribution in [2.24, 2.45) is 0 Å². The summed E-state index contributed by atoms with van der Waals surface area (Å²) in [5.41, 5.74) is 2.42. The van der Waals surface area contributed by atoms with Gasteiger partial charge in [0.25, 0.3) is 5.91 Å². The quantitative estimate of drug-likeness (QED) is 0.878. The molecule has 5 heteroatoms. The number of carbonyl (C=O) groups is 1. The molecule has 2 aromatic carbocycles. The van der Waals surface area contributed by atoms with E-state index in [1.807, 2.05) is 25.1 Å². The number of rotatable bonds is 5. The molecule has 1 amide bonds. The number of hydrogen-bond donors (Lipinski definition) is 2. The van der Waals surface area contributed by atoms with Crippen molar-refractivity contribution in [3.63, 3.8) is 0 Å². The Morgan fingerprint density at radius 1 is 1.20 bits per heavy atom. The number of amides is 1. The van der Waals surface area contributed by atoms with Gasteiger partial charge in [-0.3, -0.25) is 9.69 Å². The molecule has 2 aromatic rings. The lowest BCUT2D eigenvalue weighted by Crippen LogP contribution is -2.43. The molecule has 1 atom stereocenters. The number of aromatic hydroxyl groups is 1. The molecule has 1 aliphatic rings. The van der Waals surface area contributed by atoms with Crippen molar-refractivity contribution in [3.8, 4) is 5.75 Å². The van der Waals surface area contributed by atoms with Crippen LogP contribution < -0.4 is 5.32 Å². The molecular formula is C20H24N2O3. The highest BCUT2D eigenvalue weighted by atomic mass is 16.5. The summed E-state index contributed by atoms with van der Waals surface area (Å²) in [6, 6.07) is 15.3. The normalized spacial score (nSPS) is 16.4. The third-order valence-electron chi connectivity index (χ3n) is 4.52. The van der Waals surface area contributed by atoms with Gasteiger partial charge in [-0.15, -0.1) is 0 Å². The number of benzene rings is 2. The summed E-state index contributed by atoms with van der Waals surface area (Å²) in [6.07, 6.45) is 0. The van der Waals surface area contributed by atoms with Crippen molar-refractivity contribution < 1.29 is 14.6 Å². The first-order valence-electron chi connectivity index (χ1n) is 8.59. The van der Waals surface area contributed by atoms with E-state index in [4.69, 9.17) is 4.74 Å². The number of phenols is 1. The van der Waals surface area contributed by atoms with Gasteiger partial charge in [-0.1, -0.05) is 42.0 Å². The fourth-order valence-electron chi connectivity index (χ4n) is 3.14. The number of nitrogens with one attached hydrogen (secondary N) is 1. The van der Waals surface area contributed by atoms with Gasteiger partial charge in [0, 0.05) is 19.6 Å². The zero-order valence-corrected chi connectivity index (χ0v) is 14.4. The van der Waals surface area contributed by atoms with E-state index in [0.717, 1.165) is 24.2 Å². The summed E-state index contributed by atoms with van der Waals surface area (Å²) < 4.78 is 5.45. The Kier molecular flexibility index (Phi) is 5.68. The van der Waals surface area contributed by atoms with E-state index >= 15 is 0 Å². The van der Waals surface area contributed by atoms with Crippen LogP contribution in [-0.2, 0) is 4.74 Å². The van der Waals surface area contributed by atoms with Gasteiger partial charge in [0.15, 0.2) is 0 Å². The third kappa shape index (κ3) is 4.38. The van der Waals surface area contributed by atoms with Crippen LogP contribution in [0.25, 0.3) is 0 Å². The number of phenolic OH excluding ortho intramolecular Hbond substituents is 1. The molecule has 0 spiro atoms. The van der Waals surface area contributed by atoms with Crippen molar-refractivity contribution in [1.29, 1.82) is 0 Å². The van der Waals surface area contributed by atoms with Crippen LogP contribution in [0.2, 0.25) is 0 Å². The molecule has 1 unspecified atom stereocenters. The summed E-state index contributed by atoms with van der Waals surface area (Å²) in [4.78, 5) is 14.9. The molecule has 25 heavy (non-hydrogen) atoms. The van der Waals surface area contributed by atoms with Crippen molar-refractivity contribution in [2.45, 2.75) is 13.0 Å². The minimum absolute atomic E-state index is 0.00531. The molecule has 3 rings (SSSR count). The van der Waals surface area contributed by atoms with E-state index < -0.39 is 0 Å². The van der Waals surface area contributed by atoms with Crippen LogP contribution >= 0.6 is 0 Å². The van der Waals surface area contributed by atoms with Crippen LogP contribution in [0.5, 0.6) is 5.75 Å². The lowest BCUT2D eigenvalue weighted by Gasteiger charge is -2.35. The van der Waals surface area contributed by atoms with Crippen molar-refractivity contribution in [1.82, 2.24) is 10.2 Å². The minimum Gasteiger partial charge on any atom is -0.507 e. The third-order valence-corrected chi connectivity index (χ3v) is 4.52. The molecule has 1 heterocycles. The average molecular weight is 340 g/mol. The maximum Gasteiger partial charge on any atom is 0.255 e. The van der Waals surface area contributed by atoms with Gasteiger partial charge in [-0.2, -0.15) is 0 Å². The Labute approximate surface area is 148 Å². The Morgan fingerprint density at radius 2 is 1.92 bits per heavy atom. The molecule has 0 bridgehead atoms. The zero-order valence-electron chi connectivity index (χ0n) is 14.4. The number of ether oxygens (including phenoxy) is 1. The molecule has 132 valence electrons. The molecule has 0 aliphatic carbocycles. The molecular weight excluding hydrogens is 316 g/mol. The summed E-state index contributed by atoms with van der Waals surface area (Å²) >= 11 is 0. The van der Waals surface area contributed by atoms with Crippen molar-refractivity contribution in [3.05, 3.63) is 65.2 Å². The zero-order chi connectivity index (χ0) is 17.6. The van der Waals surface area contributed by atoms with Crippen LogP contribution in [-0.4, -0.2) is 48.8 Å². The first-order chi connectivity index (χ1) is 12.1. The second-order valence-corrected chi connectivity index (χ2v) is 6.31. The van der Waals surface area contributed by atoms with E-state index in [-0.39, 0.29) is 17.7 Å². The topological polar surface area (TPSA) is 61.8 Å². The van der Waals surface area contributed by atoms with Gasteiger partial charge in [0.2, 0.25) is 0 Å². The Balaban J connectivity index is 1.74. The fourth-order valence-corrected chi connectivity index (χ4v) is 3.14. The molecule has 0 saturated carbocycles. The smallest absolute Gasteiger partial charge is 0.255 e. The molecule has 5 nitrogen and oxygen atoms in total. The number of hydrogen-bond acceptors (Lipinski definition) is 4. The van der Waals surface area contributed by atoms with Gasteiger partial charge in [0.1, 0.15) is 5.75 Å². The predicted molar refractivity (Wildman–Crippen MR) is 96.8 cm³/mol. The van der Waals surface area contributed by atoms with Crippen LogP contribution in [0.4, 0.5) is 0 Å². The fraction of sp³-hybridized carbons (Fsp3) is 0.350. The molecule has 0 aromatic heterocycles. The average Bonchev–Trinajstić information content (AvgIpc) is 2.65. The van der Waals surface area contributed by atoms with E-state index in [2.05, 4.69) is 22.3 Å². The first kappa shape index (κ1) is 17.5. The summed E-state index contributed by atoms with van der Waals surface area (Å²) in [5, 5.41) is 12.9. The highest BCUT2D eigenvalue weighted by Crippen LogP contribution is 2.22. The first-order valence-corrected chi connectivity index (χ1v) is 8.59. The van der Waals surface area contributed by atoms with Gasteiger partial charge in [-0.25, -0.2) is 0 Å². The van der Waals surface area contributed by atoms with E-state index in [1.54, 1.807) is 18.2 Å². The van der Waals surface area contributed by atoms with Gasteiger partial charge in [0.05, 0.1) is 24.8 Å². The largest absolute Gasteiger partial charge is 0.507 e. The summed E-state index contributed by atoms with van der Waals surface area (Å²) in [6.45, 7) is 5.47. The monoisotopic (exact) mass is 340 g/mol. The van der Waals surface area contributed by atoms with E-state index in [0.29, 0.717) is 25.3 Å². The Bertz CT molecular complexity index is 712. The predicted octanol–water partition coefficient (Wildman–Crippen LogP) is 2.50. The SMILES string of the molecule is Cc1ccc(O)c(C(=O)NCC(c2ccccc2)N2CCOCC2)c1. The highest BCUT2D eigenvalue weighted by molar-refractivity contribution is 5.97. The lowest BCUT2D eigenvalue weighted by molar-refractivity contribution is 0.0162. The van der Waals surface area contributed by atoms with E-state index in [1.165, 1.54) is 0 Å².